The summed E-state index contributed by atoms with van der Waals surface area (Å²) in [6, 6.07) is 5.04. The average molecular weight is 425 g/mol. The SMILES string of the molecule is CC1CN(c2ncc(C(F)(F)F)cc2C(=O)Nc2ccnc(C#N)c2)CCC1(F)F. The van der Waals surface area contributed by atoms with Crippen molar-refractivity contribution in [1.29, 1.82) is 5.26 Å². The summed E-state index contributed by atoms with van der Waals surface area (Å²) < 4.78 is 67.1. The average Bonchev–Trinajstić information content (AvgIpc) is 2.69. The van der Waals surface area contributed by atoms with Crippen LogP contribution in [0.5, 0.6) is 0 Å². The van der Waals surface area contributed by atoms with Gasteiger partial charge in [-0.15, -0.1) is 0 Å². The molecular weight excluding hydrogens is 409 g/mol. The fraction of sp³-hybridized carbons (Fsp3) is 0.368. The van der Waals surface area contributed by atoms with Gasteiger partial charge < -0.3 is 10.2 Å². The Kier molecular flexibility index (Phi) is 5.61. The first-order valence-corrected chi connectivity index (χ1v) is 8.89. The maximum atomic E-state index is 13.8. The third-order valence-electron chi connectivity index (χ3n) is 4.80. The fourth-order valence-corrected chi connectivity index (χ4v) is 3.08. The number of nitrogens with zero attached hydrogens (tertiary/aromatic N) is 4. The van der Waals surface area contributed by atoms with E-state index in [0.717, 1.165) is 0 Å². The van der Waals surface area contributed by atoms with Gasteiger partial charge in [0.2, 0.25) is 0 Å². The number of aromatic nitrogens is 2. The van der Waals surface area contributed by atoms with Crippen molar-refractivity contribution in [2.75, 3.05) is 23.3 Å². The summed E-state index contributed by atoms with van der Waals surface area (Å²) in [6.07, 6.45) is -3.42. The number of piperidine rings is 1. The molecule has 30 heavy (non-hydrogen) atoms. The molecule has 1 N–H and O–H groups in total. The lowest BCUT2D eigenvalue weighted by Gasteiger charge is -2.38. The van der Waals surface area contributed by atoms with Gasteiger partial charge in [-0.05, 0) is 18.2 Å². The molecule has 2 aromatic rings. The van der Waals surface area contributed by atoms with Crippen LogP contribution in [0.15, 0.2) is 30.6 Å². The van der Waals surface area contributed by atoms with Crippen LogP contribution >= 0.6 is 0 Å². The second kappa shape index (κ2) is 7.85. The van der Waals surface area contributed by atoms with Crippen molar-refractivity contribution in [2.45, 2.75) is 25.4 Å². The third kappa shape index (κ3) is 4.48. The number of pyridine rings is 2. The van der Waals surface area contributed by atoms with E-state index in [2.05, 4.69) is 15.3 Å². The molecule has 2 aromatic heterocycles. The van der Waals surface area contributed by atoms with Gasteiger partial charge >= 0.3 is 6.18 Å². The summed E-state index contributed by atoms with van der Waals surface area (Å²) >= 11 is 0. The smallest absolute Gasteiger partial charge is 0.355 e. The lowest BCUT2D eigenvalue weighted by atomic mass is 9.95. The number of carbonyl (C=O) groups excluding carboxylic acids is 1. The van der Waals surface area contributed by atoms with E-state index >= 15 is 0 Å². The van der Waals surface area contributed by atoms with Gasteiger partial charge in [0.15, 0.2) is 0 Å². The lowest BCUT2D eigenvalue weighted by molar-refractivity contribution is -0.137. The number of hydrogen-bond donors (Lipinski definition) is 1. The second-order valence-corrected chi connectivity index (χ2v) is 6.95. The van der Waals surface area contributed by atoms with Crippen LogP contribution in [0.25, 0.3) is 0 Å². The molecule has 3 heterocycles. The zero-order valence-electron chi connectivity index (χ0n) is 15.7. The standard InChI is InChI=1S/C19H16F5N5O/c1-11-10-29(5-3-18(11,20)21)16-15(6-12(9-27-16)19(22,23)24)17(30)28-13-2-4-26-14(7-13)8-25/h2,4,6-7,9,11H,3,5,10H2,1H3,(H,26,28,30). The number of amides is 1. The highest BCUT2D eigenvalue weighted by molar-refractivity contribution is 6.07. The van der Waals surface area contributed by atoms with Crippen molar-refractivity contribution in [3.63, 3.8) is 0 Å². The Hall–Kier alpha value is -3.29. The first-order chi connectivity index (χ1) is 14.0. The van der Waals surface area contributed by atoms with Crippen molar-refractivity contribution >= 4 is 17.4 Å². The molecule has 0 aromatic carbocycles. The Morgan fingerprint density at radius 1 is 1.33 bits per heavy atom. The number of halogens is 5. The number of rotatable bonds is 3. The van der Waals surface area contributed by atoms with E-state index in [-0.39, 0.29) is 30.3 Å². The monoisotopic (exact) mass is 425 g/mol. The maximum Gasteiger partial charge on any atom is 0.417 e. The highest BCUT2D eigenvalue weighted by Crippen LogP contribution is 2.37. The molecule has 1 atom stereocenters. The van der Waals surface area contributed by atoms with Gasteiger partial charge in [-0.2, -0.15) is 18.4 Å². The normalized spacial score (nSPS) is 18.6. The molecule has 1 amide bonds. The van der Waals surface area contributed by atoms with Gasteiger partial charge in [-0.3, -0.25) is 4.79 Å². The van der Waals surface area contributed by atoms with Crippen LogP contribution in [-0.4, -0.2) is 34.9 Å². The topological polar surface area (TPSA) is 81.9 Å². The van der Waals surface area contributed by atoms with Crippen LogP contribution in [0.4, 0.5) is 33.5 Å². The quantitative estimate of drug-likeness (QED) is 0.749. The molecule has 11 heteroatoms. The van der Waals surface area contributed by atoms with Gasteiger partial charge in [0, 0.05) is 43.5 Å². The predicted octanol–water partition coefficient (Wildman–Crippen LogP) is 4.10. The second-order valence-electron chi connectivity index (χ2n) is 6.95. The van der Waals surface area contributed by atoms with Crippen LogP contribution in [0, 0.1) is 17.2 Å². The number of nitrogens with one attached hydrogen (secondary N) is 1. The van der Waals surface area contributed by atoms with Crippen molar-refractivity contribution in [3.8, 4) is 6.07 Å². The summed E-state index contributed by atoms with van der Waals surface area (Å²) in [5.41, 5.74) is -1.40. The first kappa shape index (κ1) is 21.4. The summed E-state index contributed by atoms with van der Waals surface area (Å²) in [7, 11) is 0. The van der Waals surface area contributed by atoms with E-state index in [9.17, 15) is 26.7 Å². The Labute approximate surface area is 168 Å². The number of anilines is 2. The minimum atomic E-state index is -4.74. The molecule has 0 saturated carbocycles. The molecular formula is C19H16F5N5O. The Morgan fingerprint density at radius 3 is 2.70 bits per heavy atom. The van der Waals surface area contributed by atoms with Crippen LogP contribution in [-0.2, 0) is 6.18 Å². The number of carbonyl (C=O) groups is 1. The Balaban J connectivity index is 1.97. The van der Waals surface area contributed by atoms with Crippen LogP contribution < -0.4 is 10.2 Å². The fourth-order valence-electron chi connectivity index (χ4n) is 3.08. The molecule has 1 unspecified atom stereocenters. The van der Waals surface area contributed by atoms with Crippen LogP contribution in [0.2, 0.25) is 0 Å². The highest BCUT2D eigenvalue weighted by atomic mass is 19.4. The molecule has 0 bridgehead atoms. The molecule has 0 radical (unpaired) electrons. The van der Waals surface area contributed by atoms with Crippen molar-refractivity contribution in [2.24, 2.45) is 5.92 Å². The minimum absolute atomic E-state index is 0.00211. The Morgan fingerprint density at radius 2 is 2.07 bits per heavy atom. The molecule has 1 saturated heterocycles. The molecule has 3 rings (SSSR count). The van der Waals surface area contributed by atoms with Gasteiger partial charge in [-0.1, -0.05) is 6.92 Å². The molecule has 0 spiro atoms. The first-order valence-electron chi connectivity index (χ1n) is 8.89. The van der Waals surface area contributed by atoms with Crippen LogP contribution in [0.1, 0.15) is 35.0 Å². The van der Waals surface area contributed by atoms with E-state index in [0.29, 0.717) is 12.3 Å². The van der Waals surface area contributed by atoms with E-state index < -0.39 is 41.5 Å². The van der Waals surface area contributed by atoms with Crippen LogP contribution in [0.3, 0.4) is 0 Å². The summed E-state index contributed by atoms with van der Waals surface area (Å²) in [5, 5.41) is 11.3. The number of nitriles is 1. The molecule has 1 aliphatic heterocycles. The van der Waals surface area contributed by atoms with Gasteiger partial charge in [0.1, 0.15) is 17.6 Å². The highest BCUT2D eigenvalue weighted by Gasteiger charge is 2.42. The summed E-state index contributed by atoms with van der Waals surface area (Å²) in [5.74, 6) is -5.00. The van der Waals surface area contributed by atoms with E-state index in [1.807, 2.05) is 0 Å². The third-order valence-corrected chi connectivity index (χ3v) is 4.80. The number of alkyl halides is 5. The predicted molar refractivity (Wildman–Crippen MR) is 97.1 cm³/mol. The molecule has 1 aliphatic rings. The van der Waals surface area contributed by atoms with Crippen molar-refractivity contribution in [3.05, 3.63) is 47.4 Å². The zero-order valence-corrected chi connectivity index (χ0v) is 15.7. The largest absolute Gasteiger partial charge is 0.417 e. The van der Waals surface area contributed by atoms with Crippen molar-refractivity contribution < 1.29 is 26.7 Å². The molecule has 1 fully saturated rings. The van der Waals surface area contributed by atoms with Crippen molar-refractivity contribution in [1.82, 2.24) is 9.97 Å². The molecule has 6 nitrogen and oxygen atoms in total. The zero-order chi connectivity index (χ0) is 22.1. The Bertz CT molecular complexity index is 1000. The summed E-state index contributed by atoms with van der Waals surface area (Å²) in [6.45, 7) is 1.000. The minimum Gasteiger partial charge on any atom is -0.355 e. The maximum absolute atomic E-state index is 13.8. The lowest BCUT2D eigenvalue weighted by Crippen LogP contribution is -2.46. The van der Waals surface area contributed by atoms with E-state index in [4.69, 9.17) is 5.26 Å². The van der Waals surface area contributed by atoms with E-state index in [1.165, 1.54) is 30.2 Å². The molecule has 158 valence electrons. The summed E-state index contributed by atoms with van der Waals surface area (Å²) in [4.78, 5) is 21.7. The van der Waals surface area contributed by atoms with Gasteiger partial charge in [-0.25, -0.2) is 18.7 Å². The molecule has 0 aliphatic carbocycles. The number of hydrogen-bond acceptors (Lipinski definition) is 5. The van der Waals surface area contributed by atoms with Gasteiger partial charge in [0.25, 0.3) is 11.8 Å². The van der Waals surface area contributed by atoms with E-state index in [1.54, 1.807) is 6.07 Å². The van der Waals surface area contributed by atoms with Gasteiger partial charge in [0.05, 0.1) is 11.1 Å².